The number of Topliss-reactive ketones (excluding diaryl/α,β-unsaturated/α-hetero) is 1. The summed E-state index contributed by atoms with van der Waals surface area (Å²) in [6.07, 6.45) is 4.16. The molecule has 1 aliphatic rings. The van der Waals surface area contributed by atoms with Gasteiger partial charge in [0.15, 0.2) is 0 Å². The van der Waals surface area contributed by atoms with Gasteiger partial charge >= 0.3 is 0 Å². The minimum Gasteiger partial charge on any atom is -0.378 e. The summed E-state index contributed by atoms with van der Waals surface area (Å²) in [4.78, 5) is 12.9. The summed E-state index contributed by atoms with van der Waals surface area (Å²) < 4.78 is 5.51. The summed E-state index contributed by atoms with van der Waals surface area (Å²) in [7, 11) is 0. The molecule has 1 aromatic rings. The maximum absolute atomic E-state index is 11.7. The molecule has 1 aromatic carbocycles. The highest BCUT2D eigenvalue weighted by Gasteiger charge is 2.16. The fraction of sp³-hybridized carbons (Fsp3) is 0.500. The van der Waals surface area contributed by atoms with Gasteiger partial charge in [-0.3, -0.25) is 4.79 Å². The highest BCUT2D eigenvalue weighted by molar-refractivity contribution is 8.00. The second-order valence-corrected chi connectivity index (χ2v) is 5.36. The van der Waals surface area contributed by atoms with Crippen molar-refractivity contribution in [1.29, 1.82) is 0 Å². The van der Waals surface area contributed by atoms with Crippen molar-refractivity contribution in [2.24, 2.45) is 0 Å². The van der Waals surface area contributed by atoms with Gasteiger partial charge in [0.25, 0.3) is 0 Å². The van der Waals surface area contributed by atoms with Gasteiger partial charge in [-0.05, 0) is 31.4 Å². The Labute approximate surface area is 107 Å². The molecule has 3 heteroatoms. The molecule has 1 unspecified atom stereocenters. The molecule has 92 valence electrons. The lowest BCUT2D eigenvalue weighted by Gasteiger charge is -2.07. The van der Waals surface area contributed by atoms with Gasteiger partial charge in [-0.25, -0.2) is 0 Å². The molecule has 0 spiro atoms. The van der Waals surface area contributed by atoms with E-state index >= 15 is 0 Å². The average molecular weight is 250 g/mol. The molecular formula is C14H18O2S. The molecule has 17 heavy (non-hydrogen) atoms. The third-order valence-corrected chi connectivity index (χ3v) is 3.98. The van der Waals surface area contributed by atoms with Crippen LogP contribution in [0.25, 0.3) is 0 Å². The first-order valence-corrected chi connectivity index (χ1v) is 7.14. The van der Waals surface area contributed by atoms with Crippen LogP contribution >= 0.6 is 11.8 Å². The van der Waals surface area contributed by atoms with Gasteiger partial charge in [0.1, 0.15) is 5.78 Å². The Bertz CT molecular complexity index is 344. The minimum absolute atomic E-state index is 0.328. The first kappa shape index (κ1) is 12.7. The summed E-state index contributed by atoms with van der Waals surface area (Å²) in [6.45, 7) is 0.873. The maximum atomic E-state index is 11.7. The second-order valence-electron chi connectivity index (χ2n) is 4.31. The molecule has 1 saturated heterocycles. The normalized spacial score (nSPS) is 19.4. The van der Waals surface area contributed by atoms with Crippen molar-refractivity contribution >= 4 is 17.5 Å². The summed E-state index contributed by atoms with van der Waals surface area (Å²) in [5, 5.41) is 0. The Morgan fingerprint density at radius 2 is 2.18 bits per heavy atom. The molecule has 0 bridgehead atoms. The van der Waals surface area contributed by atoms with Gasteiger partial charge in [0, 0.05) is 17.9 Å². The minimum atomic E-state index is 0.328. The van der Waals surface area contributed by atoms with Gasteiger partial charge in [0.2, 0.25) is 0 Å². The van der Waals surface area contributed by atoms with Crippen molar-refractivity contribution in [2.75, 3.05) is 12.4 Å². The van der Waals surface area contributed by atoms with E-state index in [1.165, 1.54) is 0 Å². The fourth-order valence-corrected chi connectivity index (χ4v) is 2.77. The van der Waals surface area contributed by atoms with E-state index in [1.807, 2.05) is 30.3 Å². The SMILES string of the molecule is O=C(CCC1CCCO1)CSc1ccccc1. The van der Waals surface area contributed by atoms with Crippen LogP contribution in [0.15, 0.2) is 35.2 Å². The van der Waals surface area contributed by atoms with E-state index < -0.39 is 0 Å². The van der Waals surface area contributed by atoms with Crippen LogP contribution in [0, 0.1) is 0 Å². The van der Waals surface area contributed by atoms with Crippen molar-refractivity contribution in [3.05, 3.63) is 30.3 Å². The van der Waals surface area contributed by atoms with E-state index in [4.69, 9.17) is 4.74 Å². The Hall–Kier alpha value is -0.800. The predicted molar refractivity (Wildman–Crippen MR) is 70.4 cm³/mol. The number of carbonyl (C=O) groups is 1. The number of rotatable bonds is 6. The molecule has 1 heterocycles. The molecular weight excluding hydrogens is 232 g/mol. The molecule has 0 radical (unpaired) electrons. The predicted octanol–water partition coefficient (Wildman–Crippen LogP) is 3.31. The zero-order valence-corrected chi connectivity index (χ0v) is 10.7. The van der Waals surface area contributed by atoms with Crippen molar-refractivity contribution in [2.45, 2.75) is 36.7 Å². The lowest BCUT2D eigenvalue weighted by Crippen LogP contribution is -2.09. The fourth-order valence-electron chi connectivity index (χ4n) is 1.95. The van der Waals surface area contributed by atoms with Crippen LogP contribution in [0.1, 0.15) is 25.7 Å². The van der Waals surface area contributed by atoms with E-state index in [-0.39, 0.29) is 0 Å². The highest BCUT2D eigenvalue weighted by atomic mass is 32.2. The molecule has 1 aliphatic heterocycles. The first-order valence-electron chi connectivity index (χ1n) is 6.16. The molecule has 0 saturated carbocycles. The molecule has 2 nitrogen and oxygen atoms in total. The van der Waals surface area contributed by atoms with Crippen molar-refractivity contribution in [3.8, 4) is 0 Å². The third kappa shape index (κ3) is 4.52. The first-order chi connectivity index (χ1) is 8.34. The molecule has 0 aromatic heterocycles. The molecule has 0 N–H and O–H groups in total. The van der Waals surface area contributed by atoms with E-state index in [0.29, 0.717) is 24.1 Å². The van der Waals surface area contributed by atoms with Crippen LogP contribution in [0.4, 0.5) is 0 Å². The standard InChI is InChI=1S/C14H18O2S/c15-12(8-9-13-5-4-10-16-13)11-17-14-6-2-1-3-7-14/h1-3,6-7,13H,4-5,8-11H2. The Morgan fingerprint density at radius 3 is 2.88 bits per heavy atom. The summed E-state index contributed by atoms with van der Waals surface area (Å²) in [5.74, 6) is 0.908. The zero-order valence-electron chi connectivity index (χ0n) is 9.93. The van der Waals surface area contributed by atoms with Gasteiger partial charge in [0.05, 0.1) is 11.9 Å². The maximum Gasteiger partial charge on any atom is 0.143 e. The number of ketones is 1. The van der Waals surface area contributed by atoms with Gasteiger partial charge in [-0.1, -0.05) is 18.2 Å². The second kappa shape index (κ2) is 6.82. The van der Waals surface area contributed by atoms with Crippen molar-refractivity contribution < 1.29 is 9.53 Å². The monoisotopic (exact) mass is 250 g/mol. The topological polar surface area (TPSA) is 26.3 Å². The van der Waals surface area contributed by atoms with Gasteiger partial charge in [-0.15, -0.1) is 11.8 Å². The smallest absolute Gasteiger partial charge is 0.143 e. The Morgan fingerprint density at radius 1 is 1.35 bits per heavy atom. The Balaban J connectivity index is 1.64. The van der Waals surface area contributed by atoms with Crippen LogP contribution in [-0.4, -0.2) is 24.2 Å². The van der Waals surface area contributed by atoms with Crippen LogP contribution in [0.5, 0.6) is 0 Å². The number of ether oxygens (including phenoxy) is 1. The van der Waals surface area contributed by atoms with E-state index in [2.05, 4.69) is 0 Å². The van der Waals surface area contributed by atoms with Gasteiger partial charge in [-0.2, -0.15) is 0 Å². The van der Waals surface area contributed by atoms with Crippen molar-refractivity contribution in [3.63, 3.8) is 0 Å². The molecule has 1 fully saturated rings. The van der Waals surface area contributed by atoms with Crippen LogP contribution in [0.3, 0.4) is 0 Å². The van der Waals surface area contributed by atoms with E-state index in [0.717, 1.165) is 30.8 Å². The van der Waals surface area contributed by atoms with E-state index in [9.17, 15) is 4.79 Å². The molecule has 0 aliphatic carbocycles. The van der Waals surface area contributed by atoms with Crippen LogP contribution in [0.2, 0.25) is 0 Å². The quantitative estimate of drug-likeness (QED) is 0.725. The average Bonchev–Trinajstić information content (AvgIpc) is 2.88. The summed E-state index contributed by atoms with van der Waals surface area (Å²) in [6, 6.07) is 10.1. The zero-order chi connectivity index (χ0) is 11.9. The summed E-state index contributed by atoms with van der Waals surface area (Å²) in [5.41, 5.74) is 0. The van der Waals surface area contributed by atoms with Crippen LogP contribution < -0.4 is 0 Å². The lowest BCUT2D eigenvalue weighted by molar-refractivity contribution is -0.117. The lowest BCUT2D eigenvalue weighted by atomic mass is 10.1. The Kier molecular flexibility index (Phi) is 5.08. The van der Waals surface area contributed by atoms with Crippen molar-refractivity contribution in [1.82, 2.24) is 0 Å². The van der Waals surface area contributed by atoms with E-state index in [1.54, 1.807) is 11.8 Å². The van der Waals surface area contributed by atoms with Gasteiger partial charge < -0.3 is 4.74 Å². The largest absolute Gasteiger partial charge is 0.378 e. The molecule has 2 rings (SSSR count). The number of benzene rings is 1. The number of hydrogen-bond acceptors (Lipinski definition) is 3. The molecule has 0 amide bonds. The number of carbonyl (C=O) groups excluding carboxylic acids is 1. The third-order valence-electron chi connectivity index (χ3n) is 2.91. The highest BCUT2D eigenvalue weighted by Crippen LogP contribution is 2.20. The number of thioether (sulfide) groups is 1. The number of hydrogen-bond donors (Lipinski definition) is 0. The summed E-state index contributed by atoms with van der Waals surface area (Å²) >= 11 is 1.62. The van der Waals surface area contributed by atoms with Crippen LogP contribution in [-0.2, 0) is 9.53 Å². The molecule has 1 atom stereocenters.